The number of carbonyl (C=O) groups excluding carboxylic acids is 1. The molecule has 2 aromatic carbocycles. The molecule has 0 aliphatic heterocycles. The summed E-state index contributed by atoms with van der Waals surface area (Å²) in [4.78, 5) is 27.2. The van der Waals surface area contributed by atoms with Gasteiger partial charge in [-0.1, -0.05) is 18.2 Å². The molecule has 1 atom stereocenters. The Balaban J connectivity index is 1.82. The monoisotopic (exact) mass is 352 g/mol. The minimum Gasteiger partial charge on any atom is -0.490 e. The van der Waals surface area contributed by atoms with Crippen LogP contribution in [-0.4, -0.2) is 23.0 Å². The number of carbonyl (C=O) groups is 1. The Labute approximate surface area is 149 Å². The molecule has 0 radical (unpaired) electrons. The number of esters is 1. The van der Waals surface area contributed by atoms with E-state index in [0.717, 1.165) is 22.5 Å². The molecule has 0 saturated carbocycles. The van der Waals surface area contributed by atoms with Crippen LogP contribution < -0.4 is 4.74 Å². The van der Waals surface area contributed by atoms with Gasteiger partial charge < -0.3 is 9.47 Å². The van der Waals surface area contributed by atoms with Gasteiger partial charge in [0, 0.05) is 23.2 Å². The first kappa shape index (κ1) is 17.3. The summed E-state index contributed by atoms with van der Waals surface area (Å²) in [6.07, 6.45) is 1.09. The Morgan fingerprint density at radius 1 is 1.19 bits per heavy atom. The first-order valence-corrected chi connectivity index (χ1v) is 7.87. The highest BCUT2D eigenvalue weighted by molar-refractivity contribution is 5.91. The minimum absolute atomic E-state index is 0.0816. The fourth-order valence-corrected chi connectivity index (χ4v) is 2.57. The quantitative estimate of drug-likeness (QED) is 0.390. The van der Waals surface area contributed by atoms with Crippen LogP contribution in [0.4, 0.5) is 5.69 Å². The molecule has 1 heterocycles. The number of benzene rings is 2. The fourth-order valence-electron chi connectivity index (χ4n) is 2.57. The van der Waals surface area contributed by atoms with Crippen LogP contribution in [0.15, 0.2) is 54.7 Å². The lowest BCUT2D eigenvalue weighted by molar-refractivity contribution is -0.385. The molecule has 0 bridgehead atoms. The van der Waals surface area contributed by atoms with Crippen molar-refractivity contribution in [1.82, 2.24) is 4.98 Å². The summed E-state index contributed by atoms with van der Waals surface area (Å²) in [5, 5.41) is 12.0. The third kappa shape index (κ3) is 3.46. The molecule has 7 nitrogen and oxygen atoms in total. The van der Waals surface area contributed by atoms with E-state index in [1.807, 2.05) is 30.3 Å². The average molecular weight is 352 g/mol. The highest BCUT2D eigenvalue weighted by atomic mass is 16.6. The molecule has 7 heteroatoms. The number of pyridine rings is 1. The number of rotatable bonds is 5. The number of nitro groups is 1. The second-order valence-electron chi connectivity index (χ2n) is 5.65. The molecule has 26 heavy (non-hydrogen) atoms. The van der Waals surface area contributed by atoms with Crippen LogP contribution in [0.3, 0.4) is 0 Å². The van der Waals surface area contributed by atoms with E-state index in [-0.39, 0.29) is 17.0 Å². The molecule has 3 aromatic rings. The molecule has 0 aliphatic carbocycles. The molecule has 0 aliphatic rings. The van der Waals surface area contributed by atoms with E-state index < -0.39 is 17.0 Å². The van der Waals surface area contributed by atoms with Crippen molar-refractivity contribution >= 4 is 22.6 Å². The number of para-hydroxylation sites is 1. The zero-order valence-electron chi connectivity index (χ0n) is 14.2. The number of nitro benzene ring substituents is 1. The summed E-state index contributed by atoms with van der Waals surface area (Å²) in [7, 11) is 1.33. The van der Waals surface area contributed by atoms with Crippen molar-refractivity contribution in [3.63, 3.8) is 0 Å². The van der Waals surface area contributed by atoms with E-state index in [2.05, 4.69) is 4.98 Å². The number of nitrogens with zero attached hydrogens (tertiary/aromatic N) is 2. The summed E-state index contributed by atoms with van der Waals surface area (Å²) >= 11 is 0. The van der Waals surface area contributed by atoms with Gasteiger partial charge in [0.2, 0.25) is 0 Å². The average Bonchev–Trinajstić information content (AvgIpc) is 2.66. The van der Waals surface area contributed by atoms with Crippen molar-refractivity contribution in [2.45, 2.75) is 13.0 Å². The SMILES string of the molecule is COc1ccc(C(=O)OC(C)c2cnc3ccccc3c2)cc1[N+](=O)[O-]. The molecule has 0 fully saturated rings. The van der Waals surface area contributed by atoms with Gasteiger partial charge in [0.1, 0.15) is 6.10 Å². The first-order valence-electron chi connectivity index (χ1n) is 7.87. The van der Waals surface area contributed by atoms with Gasteiger partial charge in [-0.15, -0.1) is 0 Å². The maximum atomic E-state index is 12.4. The Kier molecular flexibility index (Phi) is 4.79. The highest BCUT2D eigenvalue weighted by Crippen LogP contribution is 2.29. The topological polar surface area (TPSA) is 91.6 Å². The van der Waals surface area contributed by atoms with Gasteiger partial charge in [-0.25, -0.2) is 4.79 Å². The lowest BCUT2D eigenvalue weighted by atomic mass is 10.1. The molecule has 3 rings (SSSR count). The second-order valence-corrected chi connectivity index (χ2v) is 5.65. The van der Waals surface area contributed by atoms with Crippen molar-refractivity contribution < 1.29 is 19.2 Å². The van der Waals surface area contributed by atoms with E-state index in [4.69, 9.17) is 9.47 Å². The third-order valence-electron chi connectivity index (χ3n) is 3.98. The van der Waals surface area contributed by atoms with Crippen molar-refractivity contribution in [3.8, 4) is 5.75 Å². The fraction of sp³-hybridized carbons (Fsp3) is 0.158. The maximum Gasteiger partial charge on any atom is 0.338 e. The molecular formula is C19H16N2O5. The number of aromatic nitrogens is 1. The molecule has 132 valence electrons. The van der Waals surface area contributed by atoms with Gasteiger partial charge in [0.25, 0.3) is 0 Å². The van der Waals surface area contributed by atoms with Crippen LogP contribution in [0.5, 0.6) is 5.75 Å². The van der Waals surface area contributed by atoms with Crippen LogP contribution >= 0.6 is 0 Å². The van der Waals surface area contributed by atoms with Crippen molar-refractivity contribution in [2.24, 2.45) is 0 Å². The molecule has 1 aromatic heterocycles. The summed E-state index contributed by atoms with van der Waals surface area (Å²) in [5.74, 6) is -0.574. The number of fused-ring (bicyclic) bond motifs is 1. The van der Waals surface area contributed by atoms with Gasteiger partial charge in [0.05, 0.1) is 23.1 Å². The number of hydrogen-bond donors (Lipinski definition) is 0. The highest BCUT2D eigenvalue weighted by Gasteiger charge is 2.21. The standard InChI is InChI=1S/C19H16N2O5/c1-12(15-9-13-5-3-4-6-16(13)20-11-15)26-19(22)14-7-8-18(25-2)17(10-14)21(23)24/h3-12H,1-2H3. The summed E-state index contributed by atoms with van der Waals surface area (Å²) in [6.45, 7) is 1.72. The molecule has 0 spiro atoms. The molecule has 0 saturated heterocycles. The Morgan fingerprint density at radius 3 is 2.69 bits per heavy atom. The first-order chi connectivity index (χ1) is 12.5. The molecular weight excluding hydrogens is 336 g/mol. The van der Waals surface area contributed by atoms with E-state index in [0.29, 0.717) is 0 Å². The summed E-state index contributed by atoms with van der Waals surface area (Å²) in [6, 6.07) is 13.5. The molecule has 0 amide bonds. The predicted octanol–water partition coefficient (Wildman–Crippen LogP) is 4.07. The van der Waals surface area contributed by atoms with Crippen molar-refractivity contribution in [1.29, 1.82) is 0 Å². The summed E-state index contributed by atoms with van der Waals surface area (Å²) in [5.41, 5.74) is 1.38. The van der Waals surface area contributed by atoms with Gasteiger partial charge >= 0.3 is 11.7 Å². The molecule has 0 N–H and O–H groups in total. The van der Waals surface area contributed by atoms with Crippen LogP contribution in [-0.2, 0) is 4.74 Å². The second kappa shape index (κ2) is 7.18. The Hall–Kier alpha value is -3.48. The van der Waals surface area contributed by atoms with E-state index >= 15 is 0 Å². The van der Waals surface area contributed by atoms with Crippen LogP contribution in [0.25, 0.3) is 10.9 Å². The van der Waals surface area contributed by atoms with Gasteiger partial charge in [-0.2, -0.15) is 0 Å². The van der Waals surface area contributed by atoms with E-state index in [9.17, 15) is 14.9 Å². The lowest BCUT2D eigenvalue weighted by Crippen LogP contribution is -2.10. The van der Waals surface area contributed by atoms with E-state index in [1.54, 1.807) is 13.1 Å². The van der Waals surface area contributed by atoms with Crippen LogP contribution in [0.1, 0.15) is 28.9 Å². The van der Waals surface area contributed by atoms with Gasteiger partial charge in [-0.05, 0) is 31.2 Å². The van der Waals surface area contributed by atoms with Crippen molar-refractivity contribution in [2.75, 3.05) is 7.11 Å². The van der Waals surface area contributed by atoms with Crippen LogP contribution in [0, 0.1) is 10.1 Å². The number of methoxy groups -OCH3 is 1. The maximum absolute atomic E-state index is 12.4. The predicted molar refractivity (Wildman–Crippen MR) is 95.2 cm³/mol. The van der Waals surface area contributed by atoms with Crippen molar-refractivity contribution in [3.05, 3.63) is 76.0 Å². The zero-order valence-corrected chi connectivity index (χ0v) is 14.2. The Bertz CT molecular complexity index is 987. The largest absolute Gasteiger partial charge is 0.490 e. The third-order valence-corrected chi connectivity index (χ3v) is 3.98. The number of ether oxygens (including phenoxy) is 2. The molecule has 1 unspecified atom stereocenters. The van der Waals surface area contributed by atoms with E-state index in [1.165, 1.54) is 19.2 Å². The number of hydrogen-bond acceptors (Lipinski definition) is 6. The normalized spacial score (nSPS) is 11.8. The minimum atomic E-state index is -0.656. The van der Waals surface area contributed by atoms with Gasteiger partial charge in [-0.3, -0.25) is 15.1 Å². The lowest BCUT2D eigenvalue weighted by Gasteiger charge is -2.14. The van der Waals surface area contributed by atoms with Crippen LogP contribution in [0.2, 0.25) is 0 Å². The Morgan fingerprint density at radius 2 is 1.96 bits per heavy atom. The van der Waals surface area contributed by atoms with Gasteiger partial charge in [0.15, 0.2) is 5.75 Å². The summed E-state index contributed by atoms with van der Waals surface area (Å²) < 4.78 is 10.4. The smallest absolute Gasteiger partial charge is 0.338 e. The zero-order chi connectivity index (χ0) is 18.7.